The highest BCUT2D eigenvalue weighted by Gasteiger charge is 2.31. The van der Waals surface area contributed by atoms with Crippen LogP contribution in [-0.4, -0.2) is 39.1 Å². The summed E-state index contributed by atoms with van der Waals surface area (Å²) in [6.07, 6.45) is 4.08. The van der Waals surface area contributed by atoms with Crippen LogP contribution in [0.15, 0.2) is 40.8 Å². The number of hydrogen-bond acceptors (Lipinski definition) is 6. The molecule has 5 rings (SSSR count). The number of aromatic amines is 1. The molecular formula is C23H23N5O3. The van der Waals surface area contributed by atoms with E-state index in [1.54, 1.807) is 30.3 Å². The van der Waals surface area contributed by atoms with E-state index in [0.717, 1.165) is 24.5 Å². The van der Waals surface area contributed by atoms with E-state index in [1.165, 1.54) is 12.8 Å². The van der Waals surface area contributed by atoms with E-state index in [2.05, 4.69) is 21.3 Å². The molecule has 1 aliphatic carbocycles. The van der Waals surface area contributed by atoms with Crippen molar-refractivity contribution < 1.29 is 13.9 Å². The summed E-state index contributed by atoms with van der Waals surface area (Å²) in [4.78, 5) is 19.3. The SMILES string of the molecule is N#Cc1ccccc1OCc1ccc(C(=O)N2CCC(c3nc(C4CC4)n[nH]3)CC2)o1. The predicted molar refractivity (Wildman–Crippen MR) is 110 cm³/mol. The lowest BCUT2D eigenvalue weighted by Gasteiger charge is -2.30. The Morgan fingerprint density at radius 1 is 1.16 bits per heavy atom. The van der Waals surface area contributed by atoms with Crippen molar-refractivity contribution in [2.75, 3.05) is 13.1 Å². The number of carbonyl (C=O) groups excluding carboxylic acids is 1. The van der Waals surface area contributed by atoms with E-state index in [1.807, 2.05) is 11.0 Å². The van der Waals surface area contributed by atoms with Crippen molar-refractivity contribution in [3.05, 3.63) is 65.1 Å². The molecule has 31 heavy (non-hydrogen) atoms. The van der Waals surface area contributed by atoms with Gasteiger partial charge in [0, 0.05) is 24.9 Å². The molecule has 1 aliphatic heterocycles. The molecule has 0 unspecified atom stereocenters. The van der Waals surface area contributed by atoms with Crippen LogP contribution in [0.3, 0.4) is 0 Å². The fraction of sp³-hybridized carbons (Fsp3) is 0.391. The van der Waals surface area contributed by atoms with Crippen LogP contribution < -0.4 is 4.74 Å². The average molecular weight is 417 g/mol. The van der Waals surface area contributed by atoms with Crippen molar-refractivity contribution >= 4 is 5.91 Å². The van der Waals surface area contributed by atoms with Gasteiger partial charge in [-0.05, 0) is 49.9 Å². The number of carbonyl (C=O) groups is 1. The molecule has 1 saturated heterocycles. The van der Waals surface area contributed by atoms with Gasteiger partial charge in [-0.25, -0.2) is 4.98 Å². The number of rotatable bonds is 6. The quantitative estimate of drug-likeness (QED) is 0.654. The molecule has 8 nitrogen and oxygen atoms in total. The minimum Gasteiger partial charge on any atom is -0.484 e. The second-order valence-corrected chi connectivity index (χ2v) is 8.08. The van der Waals surface area contributed by atoms with Crippen LogP contribution in [0.1, 0.15) is 71.0 Å². The van der Waals surface area contributed by atoms with Gasteiger partial charge in [-0.3, -0.25) is 9.89 Å². The zero-order chi connectivity index (χ0) is 21.2. The van der Waals surface area contributed by atoms with E-state index in [-0.39, 0.29) is 12.5 Å². The van der Waals surface area contributed by atoms with Gasteiger partial charge in [-0.1, -0.05) is 12.1 Å². The van der Waals surface area contributed by atoms with E-state index in [4.69, 9.17) is 14.4 Å². The number of ether oxygens (including phenoxy) is 1. The summed E-state index contributed by atoms with van der Waals surface area (Å²) in [5.74, 6) is 3.97. The highest BCUT2D eigenvalue weighted by molar-refractivity contribution is 5.91. The van der Waals surface area contributed by atoms with Crippen LogP contribution in [0.5, 0.6) is 5.75 Å². The van der Waals surface area contributed by atoms with Crippen molar-refractivity contribution in [1.82, 2.24) is 20.1 Å². The molecule has 2 aliphatic rings. The molecule has 3 heterocycles. The second kappa shape index (κ2) is 8.26. The summed E-state index contributed by atoms with van der Waals surface area (Å²) in [5.41, 5.74) is 0.462. The number of aromatic nitrogens is 3. The number of hydrogen-bond donors (Lipinski definition) is 1. The first kappa shape index (κ1) is 19.4. The second-order valence-electron chi connectivity index (χ2n) is 8.08. The number of benzene rings is 1. The highest BCUT2D eigenvalue weighted by Crippen LogP contribution is 2.38. The maximum Gasteiger partial charge on any atom is 0.289 e. The summed E-state index contributed by atoms with van der Waals surface area (Å²) < 4.78 is 11.4. The Labute approximate surface area is 179 Å². The number of nitrogens with one attached hydrogen (secondary N) is 1. The summed E-state index contributed by atoms with van der Waals surface area (Å²) in [5, 5.41) is 16.6. The Kier molecular flexibility index (Phi) is 5.16. The zero-order valence-electron chi connectivity index (χ0n) is 17.1. The Morgan fingerprint density at radius 3 is 2.74 bits per heavy atom. The van der Waals surface area contributed by atoms with Gasteiger partial charge in [-0.15, -0.1) is 0 Å². The van der Waals surface area contributed by atoms with Crippen LogP contribution in [0.4, 0.5) is 0 Å². The monoisotopic (exact) mass is 417 g/mol. The molecule has 1 amide bonds. The van der Waals surface area contributed by atoms with Crippen LogP contribution in [0.2, 0.25) is 0 Å². The standard InChI is InChI=1S/C23H23N5O3/c24-13-17-3-1-2-4-19(17)30-14-18-7-8-20(31-18)23(29)28-11-9-16(10-12-28)22-25-21(26-27-22)15-5-6-15/h1-4,7-8,15-16H,5-6,9-12,14H2,(H,25,26,27). The molecule has 2 fully saturated rings. The molecule has 8 heteroatoms. The number of piperidine rings is 1. The Bertz CT molecular complexity index is 1120. The Balaban J connectivity index is 1.16. The number of para-hydroxylation sites is 1. The molecule has 0 radical (unpaired) electrons. The molecule has 1 aromatic carbocycles. The number of H-pyrrole nitrogens is 1. The molecule has 2 aromatic heterocycles. The van der Waals surface area contributed by atoms with Gasteiger partial charge in [0.25, 0.3) is 5.91 Å². The normalized spacial score (nSPS) is 16.8. The van der Waals surface area contributed by atoms with Crippen LogP contribution in [-0.2, 0) is 6.61 Å². The lowest BCUT2D eigenvalue weighted by molar-refractivity contribution is 0.0675. The maximum atomic E-state index is 12.8. The summed E-state index contributed by atoms with van der Waals surface area (Å²) in [6, 6.07) is 12.5. The maximum absolute atomic E-state index is 12.8. The van der Waals surface area contributed by atoms with Crippen LogP contribution in [0, 0.1) is 11.3 Å². The minimum atomic E-state index is -0.113. The van der Waals surface area contributed by atoms with Gasteiger partial charge >= 0.3 is 0 Å². The number of nitriles is 1. The topological polar surface area (TPSA) is 108 Å². The third kappa shape index (κ3) is 4.17. The van der Waals surface area contributed by atoms with Gasteiger partial charge in [0.1, 0.15) is 30.0 Å². The van der Waals surface area contributed by atoms with Crippen molar-refractivity contribution in [3.8, 4) is 11.8 Å². The lowest BCUT2D eigenvalue weighted by atomic mass is 9.96. The van der Waals surface area contributed by atoms with Crippen molar-refractivity contribution in [1.29, 1.82) is 5.26 Å². The molecule has 3 aromatic rings. The first-order valence-electron chi connectivity index (χ1n) is 10.6. The molecule has 0 spiro atoms. The minimum absolute atomic E-state index is 0.113. The number of amides is 1. The Morgan fingerprint density at radius 2 is 1.97 bits per heavy atom. The molecule has 158 valence electrons. The first-order valence-corrected chi connectivity index (χ1v) is 10.6. The molecule has 1 N–H and O–H groups in total. The smallest absolute Gasteiger partial charge is 0.289 e. The van der Waals surface area contributed by atoms with E-state index < -0.39 is 0 Å². The van der Waals surface area contributed by atoms with Crippen molar-refractivity contribution in [3.63, 3.8) is 0 Å². The van der Waals surface area contributed by atoms with Crippen molar-refractivity contribution in [2.24, 2.45) is 0 Å². The third-order valence-corrected chi connectivity index (χ3v) is 5.88. The Hall–Kier alpha value is -3.60. The van der Waals surface area contributed by atoms with Crippen LogP contribution in [0.25, 0.3) is 0 Å². The van der Waals surface area contributed by atoms with Crippen molar-refractivity contribution in [2.45, 2.75) is 44.1 Å². The predicted octanol–water partition coefficient (Wildman–Crippen LogP) is 3.75. The van der Waals surface area contributed by atoms with E-state index in [9.17, 15) is 4.79 Å². The lowest BCUT2D eigenvalue weighted by Crippen LogP contribution is -2.38. The van der Waals surface area contributed by atoms with Crippen LogP contribution >= 0.6 is 0 Å². The van der Waals surface area contributed by atoms with Gasteiger partial charge in [0.05, 0.1) is 5.56 Å². The zero-order valence-corrected chi connectivity index (χ0v) is 17.1. The third-order valence-electron chi connectivity index (χ3n) is 5.88. The van der Waals surface area contributed by atoms with Gasteiger partial charge in [0.2, 0.25) is 0 Å². The average Bonchev–Trinajstić information content (AvgIpc) is 3.35. The fourth-order valence-electron chi connectivity index (χ4n) is 3.91. The summed E-state index contributed by atoms with van der Waals surface area (Å²) in [6.45, 7) is 1.47. The molecular weight excluding hydrogens is 394 g/mol. The molecule has 0 atom stereocenters. The molecule has 0 bridgehead atoms. The first-order chi connectivity index (χ1) is 15.2. The summed E-state index contributed by atoms with van der Waals surface area (Å²) in [7, 11) is 0. The van der Waals surface area contributed by atoms with E-state index in [0.29, 0.717) is 47.8 Å². The molecule has 1 saturated carbocycles. The van der Waals surface area contributed by atoms with Gasteiger partial charge < -0.3 is 14.1 Å². The largest absolute Gasteiger partial charge is 0.484 e. The number of likely N-dealkylation sites (tertiary alicyclic amines) is 1. The number of nitrogens with zero attached hydrogens (tertiary/aromatic N) is 4. The van der Waals surface area contributed by atoms with Gasteiger partial charge in [0.15, 0.2) is 11.6 Å². The fourth-order valence-corrected chi connectivity index (χ4v) is 3.91. The van der Waals surface area contributed by atoms with E-state index >= 15 is 0 Å². The number of furan rings is 1. The van der Waals surface area contributed by atoms with Gasteiger partial charge in [-0.2, -0.15) is 10.4 Å². The highest BCUT2D eigenvalue weighted by atomic mass is 16.5. The summed E-state index contributed by atoms with van der Waals surface area (Å²) >= 11 is 0.